The first-order valence-electron chi connectivity index (χ1n) is 11.2. The lowest BCUT2D eigenvalue weighted by molar-refractivity contribution is -0.193. The summed E-state index contributed by atoms with van der Waals surface area (Å²) in [5, 5.41) is 10.5. The summed E-state index contributed by atoms with van der Waals surface area (Å²) in [6.45, 7) is 11.3. The molecule has 3 atom stereocenters. The topological polar surface area (TPSA) is 87.1 Å². The van der Waals surface area contributed by atoms with Crippen molar-refractivity contribution in [2.24, 2.45) is 22.7 Å². The van der Waals surface area contributed by atoms with E-state index in [0.717, 1.165) is 32.5 Å². The lowest BCUT2D eigenvalue weighted by Crippen LogP contribution is -2.74. The number of aliphatic hydroxyl groups is 1. The molecule has 0 aromatic rings. The van der Waals surface area contributed by atoms with Crippen LogP contribution in [-0.4, -0.2) is 77.5 Å². The van der Waals surface area contributed by atoms with Crippen LogP contribution in [0, 0.1) is 22.7 Å². The van der Waals surface area contributed by atoms with E-state index in [2.05, 4.69) is 18.9 Å². The number of hydrogen-bond acceptors (Lipinski definition) is 6. The van der Waals surface area contributed by atoms with Crippen molar-refractivity contribution in [1.82, 2.24) is 9.80 Å². The van der Waals surface area contributed by atoms with Gasteiger partial charge in [-0.05, 0) is 52.5 Å². The lowest BCUT2D eigenvalue weighted by atomic mass is 9.53. The zero-order valence-electron chi connectivity index (χ0n) is 19.4. The van der Waals surface area contributed by atoms with Crippen LogP contribution in [0.25, 0.3) is 0 Å². The number of likely N-dealkylation sites (tertiary alicyclic amines) is 1. The van der Waals surface area contributed by atoms with Crippen molar-refractivity contribution in [2.45, 2.75) is 71.9 Å². The van der Waals surface area contributed by atoms with E-state index in [9.17, 15) is 19.5 Å². The molecule has 2 spiro atoms. The molecule has 1 aliphatic carbocycles. The number of Topliss-reactive ketones (excluding diaryl/α,β-unsaturated/α-hetero) is 1. The fourth-order valence-electron chi connectivity index (χ4n) is 5.94. The zero-order chi connectivity index (χ0) is 22.5. The van der Waals surface area contributed by atoms with Crippen molar-refractivity contribution in [3.63, 3.8) is 0 Å². The van der Waals surface area contributed by atoms with Crippen LogP contribution in [0.5, 0.6) is 0 Å². The maximum absolute atomic E-state index is 12.9. The van der Waals surface area contributed by atoms with Gasteiger partial charge in [0.05, 0.1) is 11.6 Å². The van der Waals surface area contributed by atoms with Gasteiger partial charge in [-0.2, -0.15) is 0 Å². The Labute approximate surface area is 180 Å². The fraction of sp³-hybridized carbons (Fsp3) is 0.870. The summed E-state index contributed by atoms with van der Waals surface area (Å²) in [6.07, 6.45) is 2.15. The van der Waals surface area contributed by atoms with Crippen molar-refractivity contribution in [2.75, 3.05) is 33.3 Å². The van der Waals surface area contributed by atoms with Crippen LogP contribution < -0.4 is 0 Å². The minimum absolute atomic E-state index is 0.105. The number of carbonyl (C=O) groups is 3. The number of nitrogens with zero attached hydrogens (tertiary/aromatic N) is 2. The Kier molecular flexibility index (Phi) is 6.11. The van der Waals surface area contributed by atoms with E-state index in [-0.39, 0.29) is 35.2 Å². The van der Waals surface area contributed by atoms with E-state index in [1.165, 1.54) is 0 Å². The molecule has 2 saturated heterocycles. The van der Waals surface area contributed by atoms with Gasteiger partial charge in [-0.15, -0.1) is 0 Å². The minimum atomic E-state index is -1.23. The number of hydrogen-bond donors (Lipinski definition) is 1. The molecule has 0 aromatic heterocycles. The van der Waals surface area contributed by atoms with Crippen LogP contribution in [0.1, 0.15) is 60.3 Å². The van der Waals surface area contributed by atoms with Gasteiger partial charge in [0.25, 0.3) is 0 Å². The molecule has 1 amide bonds. The van der Waals surface area contributed by atoms with Crippen LogP contribution in [-0.2, 0) is 19.1 Å². The molecule has 0 radical (unpaired) electrons. The number of esters is 1. The molecule has 7 heteroatoms. The normalized spacial score (nSPS) is 34.2. The number of cyclic esters (lactones) is 1. The standard InChI is InChI=1S/C23H38N2O5/c1-15-7-18(27)8-16(2)19(28)21(4,5)20(29)30-14-23(24(6)9-15)10-22(11-23)12-25(13-22)17(3)26/h15-16,18,27H,7-14H2,1-6H3/t15-,16-,18-/m1/s1. The molecule has 170 valence electrons. The average Bonchev–Trinajstić information content (AvgIpc) is 2.56. The van der Waals surface area contributed by atoms with Crippen LogP contribution in [0.15, 0.2) is 0 Å². The molecule has 0 aromatic carbocycles. The lowest BCUT2D eigenvalue weighted by Gasteiger charge is -2.66. The van der Waals surface area contributed by atoms with Crippen LogP contribution >= 0.6 is 0 Å². The number of ketones is 1. The minimum Gasteiger partial charge on any atom is -0.463 e. The maximum atomic E-state index is 12.9. The van der Waals surface area contributed by atoms with E-state index >= 15 is 0 Å². The Morgan fingerprint density at radius 3 is 2.30 bits per heavy atom. The Balaban J connectivity index is 1.79. The van der Waals surface area contributed by atoms with Crippen molar-refractivity contribution in [3.8, 4) is 0 Å². The highest BCUT2D eigenvalue weighted by molar-refractivity contribution is 6.03. The predicted molar refractivity (Wildman–Crippen MR) is 113 cm³/mol. The summed E-state index contributed by atoms with van der Waals surface area (Å²) in [5.74, 6) is -0.717. The van der Waals surface area contributed by atoms with Gasteiger partial charge >= 0.3 is 5.97 Å². The Bertz CT molecular complexity index is 704. The second kappa shape index (κ2) is 7.90. The summed E-state index contributed by atoms with van der Waals surface area (Å²) in [5.41, 5.74) is -1.40. The number of amides is 1. The number of carbonyl (C=O) groups excluding carboxylic acids is 3. The van der Waals surface area contributed by atoms with E-state index in [1.807, 2.05) is 4.90 Å². The first kappa shape index (κ1) is 23.2. The van der Waals surface area contributed by atoms with E-state index in [0.29, 0.717) is 12.8 Å². The third kappa shape index (κ3) is 4.15. The third-order valence-electron chi connectivity index (χ3n) is 7.65. The Hall–Kier alpha value is -1.47. The summed E-state index contributed by atoms with van der Waals surface area (Å²) in [7, 11) is 2.06. The van der Waals surface area contributed by atoms with Gasteiger partial charge in [0.1, 0.15) is 12.0 Å². The van der Waals surface area contributed by atoms with Gasteiger partial charge in [0.2, 0.25) is 5.91 Å². The Morgan fingerprint density at radius 1 is 1.13 bits per heavy atom. The van der Waals surface area contributed by atoms with Gasteiger partial charge in [-0.3, -0.25) is 19.3 Å². The summed E-state index contributed by atoms with van der Waals surface area (Å²) in [4.78, 5) is 41.5. The highest BCUT2D eigenvalue weighted by Gasteiger charge is 2.62. The molecule has 3 aliphatic rings. The Morgan fingerprint density at radius 2 is 1.73 bits per heavy atom. The van der Waals surface area contributed by atoms with Crippen LogP contribution in [0.4, 0.5) is 0 Å². The fourth-order valence-corrected chi connectivity index (χ4v) is 5.94. The van der Waals surface area contributed by atoms with Gasteiger partial charge in [-0.25, -0.2) is 0 Å². The molecule has 0 bridgehead atoms. The highest BCUT2D eigenvalue weighted by atomic mass is 16.5. The molecule has 3 rings (SSSR count). The van der Waals surface area contributed by atoms with E-state index in [4.69, 9.17) is 4.74 Å². The van der Waals surface area contributed by atoms with Gasteiger partial charge in [0, 0.05) is 37.9 Å². The number of aliphatic hydroxyl groups excluding tert-OH is 1. The predicted octanol–water partition coefficient (Wildman–Crippen LogP) is 1.86. The quantitative estimate of drug-likeness (QED) is 0.474. The van der Waals surface area contributed by atoms with Crippen molar-refractivity contribution >= 4 is 17.7 Å². The highest BCUT2D eigenvalue weighted by Crippen LogP contribution is 2.56. The smallest absolute Gasteiger partial charge is 0.319 e. The summed E-state index contributed by atoms with van der Waals surface area (Å²) < 4.78 is 5.77. The third-order valence-corrected chi connectivity index (χ3v) is 7.65. The molecular formula is C23H38N2O5. The largest absolute Gasteiger partial charge is 0.463 e. The first-order valence-corrected chi connectivity index (χ1v) is 11.2. The van der Waals surface area contributed by atoms with Gasteiger partial charge in [0.15, 0.2) is 5.78 Å². The van der Waals surface area contributed by atoms with E-state index in [1.54, 1.807) is 27.7 Å². The van der Waals surface area contributed by atoms with E-state index < -0.39 is 23.4 Å². The maximum Gasteiger partial charge on any atom is 0.319 e. The average molecular weight is 423 g/mol. The first-order chi connectivity index (χ1) is 13.8. The molecule has 1 N–H and O–H groups in total. The molecule has 3 fully saturated rings. The van der Waals surface area contributed by atoms with Gasteiger partial charge in [-0.1, -0.05) is 13.8 Å². The summed E-state index contributed by atoms with van der Waals surface area (Å²) in [6, 6.07) is 0. The molecule has 7 nitrogen and oxygen atoms in total. The molecule has 0 unspecified atom stereocenters. The van der Waals surface area contributed by atoms with Crippen molar-refractivity contribution in [1.29, 1.82) is 0 Å². The SMILES string of the molecule is CC(=O)N1CC2(C1)CC1(COC(=O)C(C)(C)C(=O)[C@H](C)C[C@H](O)C[C@@H](C)CN1C)C2. The van der Waals surface area contributed by atoms with Crippen molar-refractivity contribution in [3.05, 3.63) is 0 Å². The molecular weight excluding hydrogens is 384 g/mol. The second-order valence-corrected chi connectivity index (χ2v) is 11.0. The number of likely N-dealkylation sites (N-methyl/N-ethyl adjacent to an activating group) is 1. The van der Waals surface area contributed by atoms with Crippen LogP contribution in [0.2, 0.25) is 0 Å². The number of rotatable bonds is 0. The molecule has 2 aliphatic heterocycles. The van der Waals surface area contributed by atoms with Crippen LogP contribution in [0.3, 0.4) is 0 Å². The monoisotopic (exact) mass is 422 g/mol. The van der Waals surface area contributed by atoms with Gasteiger partial charge < -0.3 is 14.7 Å². The second-order valence-electron chi connectivity index (χ2n) is 11.0. The zero-order valence-corrected chi connectivity index (χ0v) is 19.4. The van der Waals surface area contributed by atoms with Crippen molar-refractivity contribution < 1.29 is 24.2 Å². The molecule has 30 heavy (non-hydrogen) atoms. The molecule has 1 saturated carbocycles. The molecule has 2 heterocycles. The number of ether oxygens (including phenoxy) is 1. The summed E-state index contributed by atoms with van der Waals surface area (Å²) >= 11 is 0.